The van der Waals surface area contributed by atoms with Crippen molar-refractivity contribution in [1.82, 2.24) is 34.3 Å². The summed E-state index contributed by atoms with van der Waals surface area (Å²) in [5, 5.41) is 18.8. The molecule has 0 unspecified atom stereocenters. The lowest BCUT2D eigenvalue weighted by atomic mass is 9.84. The van der Waals surface area contributed by atoms with Gasteiger partial charge in [0.15, 0.2) is 5.65 Å². The topological polar surface area (TPSA) is 125 Å². The van der Waals surface area contributed by atoms with Crippen LogP contribution in [-0.4, -0.2) is 65.7 Å². The quantitative estimate of drug-likeness (QED) is 0.314. The number of piperidine rings is 1. The Bertz CT molecular complexity index is 1660. The van der Waals surface area contributed by atoms with E-state index in [4.69, 9.17) is 0 Å². The lowest BCUT2D eigenvalue weighted by Gasteiger charge is -2.41. The fraction of sp³-hybridized carbons (Fsp3) is 0.370. The molecule has 1 saturated carbocycles. The molecule has 5 heterocycles. The second-order valence-electron chi connectivity index (χ2n) is 10.3. The zero-order valence-corrected chi connectivity index (χ0v) is 21.7. The minimum Gasteiger partial charge on any atom is -0.338 e. The molecule has 0 N–H and O–H groups in total. The van der Waals surface area contributed by atoms with Gasteiger partial charge in [0.05, 0.1) is 41.0 Å². The third-order valence-corrected chi connectivity index (χ3v) is 7.74. The van der Waals surface area contributed by atoms with Crippen molar-refractivity contribution in [2.45, 2.75) is 49.9 Å². The van der Waals surface area contributed by atoms with Crippen molar-refractivity contribution in [1.29, 1.82) is 5.26 Å². The van der Waals surface area contributed by atoms with Crippen LogP contribution in [0.15, 0.2) is 49.1 Å². The van der Waals surface area contributed by atoms with Crippen molar-refractivity contribution >= 4 is 23.9 Å². The van der Waals surface area contributed by atoms with Crippen molar-refractivity contribution < 1.29 is 22.8 Å². The van der Waals surface area contributed by atoms with Gasteiger partial charge in [-0.3, -0.25) is 24.2 Å². The molecule has 4 aromatic heterocycles. The number of hydrogen-bond donors (Lipinski definition) is 0. The van der Waals surface area contributed by atoms with E-state index in [1.54, 1.807) is 27.7 Å². The van der Waals surface area contributed by atoms with Gasteiger partial charge in [-0.15, -0.1) is 5.10 Å². The predicted octanol–water partition coefficient (Wildman–Crippen LogP) is 3.68. The molecule has 2 aliphatic rings. The number of pyridine rings is 2. The van der Waals surface area contributed by atoms with E-state index in [9.17, 15) is 28.0 Å². The summed E-state index contributed by atoms with van der Waals surface area (Å²) in [6.07, 6.45) is 3.88. The summed E-state index contributed by atoms with van der Waals surface area (Å²) < 4.78 is 43.8. The Morgan fingerprint density at radius 3 is 2.66 bits per heavy atom. The molecule has 6 rings (SSSR count). The van der Waals surface area contributed by atoms with E-state index in [1.807, 2.05) is 12.1 Å². The second kappa shape index (κ2) is 9.99. The van der Waals surface area contributed by atoms with E-state index >= 15 is 0 Å². The number of fused-ring (bicyclic) bond motifs is 1. The summed E-state index contributed by atoms with van der Waals surface area (Å²) in [4.78, 5) is 35.6. The Morgan fingerprint density at radius 1 is 1.20 bits per heavy atom. The smallest absolute Gasteiger partial charge is 0.338 e. The van der Waals surface area contributed by atoms with Crippen LogP contribution >= 0.6 is 0 Å². The zero-order valence-electron chi connectivity index (χ0n) is 21.7. The van der Waals surface area contributed by atoms with Crippen LogP contribution in [-0.2, 0) is 16.5 Å². The van der Waals surface area contributed by atoms with Crippen molar-refractivity contribution in [3.8, 4) is 17.3 Å². The van der Waals surface area contributed by atoms with Gasteiger partial charge in [0, 0.05) is 43.3 Å². The number of anilines is 1. The summed E-state index contributed by atoms with van der Waals surface area (Å²) in [7, 11) is 0. The van der Waals surface area contributed by atoms with Gasteiger partial charge < -0.3 is 4.90 Å². The van der Waals surface area contributed by atoms with Crippen LogP contribution in [0, 0.1) is 11.3 Å². The lowest BCUT2D eigenvalue weighted by Crippen LogP contribution is -2.48. The highest BCUT2D eigenvalue weighted by molar-refractivity contribution is 5.95. The molecule has 0 atom stereocenters. The van der Waals surface area contributed by atoms with Gasteiger partial charge in [0.1, 0.15) is 0 Å². The van der Waals surface area contributed by atoms with Gasteiger partial charge in [-0.05, 0) is 43.9 Å². The highest BCUT2D eigenvalue weighted by Gasteiger charge is 2.41. The first-order valence-electron chi connectivity index (χ1n) is 13.1. The molecule has 41 heavy (non-hydrogen) atoms. The van der Waals surface area contributed by atoms with Crippen molar-refractivity contribution in [2.24, 2.45) is 0 Å². The summed E-state index contributed by atoms with van der Waals surface area (Å²) in [6.45, 7) is 0.306. The first kappa shape index (κ1) is 26.4. The summed E-state index contributed by atoms with van der Waals surface area (Å²) >= 11 is 0. The van der Waals surface area contributed by atoms with Gasteiger partial charge in [0.25, 0.3) is 11.9 Å². The highest BCUT2D eigenvalue weighted by atomic mass is 19.4. The molecule has 0 bridgehead atoms. The Labute approximate surface area is 231 Å². The van der Waals surface area contributed by atoms with Gasteiger partial charge in [-0.1, -0.05) is 6.07 Å². The Kier molecular flexibility index (Phi) is 6.44. The first-order chi connectivity index (χ1) is 19.7. The molecule has 0 aromatic carbocycles. The van der Waals surface area contributed by atoms with E-state index in [-0.39, 0.29) is 25.6 Å². The molecule has 1 aliphatic heterocycles. The van der Waals surface area contributed by atoms with E-state index < -0.39 is 28.7 Å². The minimum atomic E-state index is -4.71. The van der Waals surface area contributed by atoms with Gasteiger partial charge >= 0.3 is 6.18 Å². The van der Waals surface area contributed by atoms with Gasteiger partial charge in [-0.25, -0.2) is 4.52 Å². The number of carbonyl (C=O) groups excluding carboxylic acids is 2. The van der Waals surface area contributed by atoms with Crippen molar-refractivity contribution in [2.75, 3.05) is 18.0 Å². The number of nitrogens with zero attached hydrogens (tertiary/aromatic N) is 9. The molecule has 0 spiro atoms. The summed E-state index contributed by atoms with van der Waals surface area (Å²) in [6, 6.07) is 8.86. The molecular formula is C27H24F3N9O2. The number of alkyl halides is 3. The third kappa shape index (κ3) is 4.77. The molecule has 11 nitrogen and oxygen atoms in total. The second-order valence-corrected chi connectivity index (χ2v) is 10.3. The number of halogens is 3. The van der Waals surface area contributed by atoms with E-state index in [0.29, 0.717) is 41.9 Å². The SMILES string of the molecule is N#CCC1(n2cc(-c3cccc4nc(N(C=O)C5CC5)nn34)cn2)CCN(C(=O)c2ccncc2C(F)(F)F)CC1. The number of rotatable bonds is 7. The third-order valence-electron chi connectivity index (χ3n) is 7.74. The summed E-state index contributed by atoms with van der Waals surface area (Å²) in [5.74, 6) is -0.404. The summed E-state index contributed by atoms with van der Waals surface area (Å²) in [5.41, 5.74) is -0.321. The number of aromatic nitrogens is 6. The van der Waals surface area contributed by atoms with Crippen LogP contribution in [0.3, 0.4) is 0 Å². The van der Waals surface area contributed by atoms with E-state index in [2.05, 4.69) is 26.2 Å². The number of nitriles is 1. The van der Waals surface area contributed by atoms with E-state index in [1.165, 1.54) is 16.0 Å². The molecular weight excluding hydrogens is 539 g/mol. The molecule has 14 heteroatoms. The molecule has 2 fully saturated rings. The van der Waals surface area contributed by atoms with Gasteiger partial charge in [-0.2, -0.15) is 28.5 Å². The average Bonchev–Trinajstić information content (AvgIpc) is 3.50. The highest BCUT2D eigenvalue weighted by Crippen LogP contribution is 2.37. The van der Waals surface area contributed by atoms with Crippen LogP contribution in [0.5, 0.6) is 0 Å². The van der Waals surface area contributed by atoms with Crippen LogP contribution in [0.1, 0.15) is 48.0 Å². The maximum atomic E-state index is 13.5. The number of carbonyl (C=O) groups is 2. The largest absolute Gasteiger partial charge is 0.418 e. The monoisotopic (exact) mass is 563 g/mol. The number of amides is 2. The average molecular weight is 564 g/mol. The van der Waals surface area contributed by atoms with Crippen LogP contribution in [0.2, 0.25) is 0 Å². The number of hydrogen-bond acceptors (Lipinski definition) is 7. The molecule has 1 aliphatic carbocycles. The Balaban J connectivity index is 1.26. The maximum absolute atomic E-state index is 13.5. The molecule has 2 amide bonds. The first-order valence-corrected chi connectivity index (χ1v) is 13.1. The van der Waals surface area contributed by atoms with Crippen LogP contribution in [0.25, 0.3) is 16.9 Å². The molecule has 1 saturated heterocycles. The maximum Gasteiger partial charge on any atom is 0.418 e. The van der Waals surface area contributed by atoms with Gasteiger partial charge in [0.2, 0.25) is 6.41 Å². The fourth-order valence-electron chi connectivity index (χ4n) is 5.32. The van der Waals surface area contributed by atoms with E-state index in [0.717, 1.165) is 25.3 Å². The molecule has 0 radical (unpaired) electrons. The van der Waals surface area contributed by atoms with Crippen molar-refractivity contribution in [3.05, 3.63) is 60.2 Å². The Morgan fingerprint density at radius 2 is 1.98 bits per heavy atom. The lowest BCUT2D eigenvalue weighted by molar-refractivity contribution is -0.138. The molecule has 4 aromatic rings. The van der Waals surface area contributed by atoms with Crippen molar-refractivity contribution in [3.63, 3.8) is 0 Å². The van der Waals surface area contributed by atoms with Crippen LogP contribution in [0.4, 0.5) is 19.1 Å². The van der Waals surface area contributed by atoms with Crippen LogP contribution < -0.4 is 4.90 Å². The molecule has 210 valence electrons. The number of likely N-dealkylation sites (tertiary alicyclic amines) is 1. The zero-order chi connectivity index (χ0) is 28.8. The predicted molar refractivity (Wildman–Crippen MR) is 138 cm³/mol. The Hall–Kier alpha value is -4.80. The standard InChI is InChI=1S/C27H24F3N9O2/c28-27(29,30)21-15-32-11-6-20(21)24(41)36-12-8-26(7-10-31,9-13-36)38-16-18(14-33-38)22-2-1-3-23-34-25(35-39(22)23)37(17-40)19-4-5-19/h1-3,6,11,14-17,19H,4-5,7-9,12-13H2. The fourth-order valence-corrected chi connectivity index (χ4v) is 5.32. The minimum absolute atomic E-state index is 0.104. The normalized spacial score (nSPS) is 16.9.